The van der Waals surface area contributed by atoms with Crippen LogP contribution in [0.15, 0.2) is 18.2 Å². The van der Waals surface area contributed by atoms with Gasteiger partial charge in [0.25, 0.3) is 0 Å². The van der Waals surface area contributed by atoms with E-state index in [1.807, 2.05) is 0 Å². The minimum absolute atomic E-state index is 0.110. The first-order chi connectivity index (χ1) is 10.5. The fourth-order valence-electron chi connectivity index (χ4n) is 2.72. The first-order valence-corrected chi connectivity index (χ1v) is 7.50. The molecule has 0 radical (unpaired) electrons. The maximum atomic E-state index is 10.8. The van der Waals surface area contributed by atoms with Crippen molar-refractivity contribution in [3.63, 3.8) is 0 Å². The van der Waals surface area contributed by atoms with Gasteiger partial charge in [0.05, 0.1) is 13.5 Å². The number of likely N-dealkylation sites (tertiary alicyclic amines) is 1. The van der Waals surface area contributed by atoms with Gasteiger partial charge < -0.3 is 25.2 Å². The highest BCUT2D eigenvalue weighted by Crippen LogP contribution is 2.32. The molecule has 0 aliphatic carbocycles. The van der Waals surface area contributed by atoms with Gasteiger partial charge in [0.15, 0.2) is 11.5 Å². The molecule has 0 amide bonds. The molecule has 1 saturated heterocycles. The van der Waals surface area contributed by atoms with Crippen molar-refractivity contribution < 1.29 is 19.4 Å². The second-order valence-corrected chi connectivity index (χ2v) is 5.76. The summed E-state index contributed by atoms with van der Waals surface area (Å²) in [5, 5.41) is 8.86. The number of carboxylic acid groups (broad SMARTS) is 1. The highest BCUT2D eigenvalue weighted by Gasteiger charge is 2.21. The lowest BCUT2D eigenvalue weighted by Crippen LogP contribution is -2.38. The molecular formula is C16H24N2O4. The van der Waals surface area contributed by atoms with Gasteiger partial charge >= 0.3 is 5.97 Å². The van der Waals surface area contributed by atoms with E-state index in [1.165, 1.54) is 0 Å². The van der Waals surface area contributed by atoms with Crippen molar-refractivity contribution in [3.05, 3.63) is 23.8 Å². The van der Waals surface area contributed by atoms with Gasteiger partial charge in [0.2, 0.25) is 0 Å². The molecule has 0 bridgehead atoms. The Morgan fingerprint density at radius 1 is 1.50 bits per heavy atom. The summed E-state index contributed by atoms with van der Waals surface area (Å²) in [7, 11) is 3.66. The molecule has 1 aliphatic rings. The Bertz CT molecular complexity index is 521. The Kier molecular flexibility index (Phi) is 5.63. The van der Waals surface area contributed by atoms with Gasteiger partial charge in [-0.1, -0.05) is 6.07 Å². The van der Waals surface area contributed by atoms with Gasteiger partial charge in [0, 0.05) is 12.6 Å². The number of methoxy groups -OCH3 is 1. The van der Waals surface area contributed by atoms with E-state index in [-0.39, 0.29) is 12.5 Å². The van der Waals surface area contributed by atoms with Crippen molar-refractivity contribution in [2.45, 2.75) is 31.4 Å². The van der Waals surface area contributed by atoms with Crippen molar-refractivity contribution in [3.8, 4) is 11.5 Å². The molecule has 0 spiro atoms. The van der Waals surface area contributed by atoms with Crippen molar-refractivity contribution in [1.82, 2.24) is 4.90 Å². The number of carboxylic acids is 1. The Balaban J connectivity index is 2.15. The zero-order valence-electron chi connectivity index (χ0n) is 13.1. The molecule has 1 aromatic rings. The van der Waals surface area contributed by atoms with Crippen LogP contribution in [0.3, 0.4) is 0 Å². The van der Waals surface area contributed by atoms with E-state index >= 15 is 0 Å². The lowest BCUT2D eigenvalue weighted by atomic mass is 10.0. The predicted molar refractivity (Wildman–Crippen MR) is 83.3 cm³/mol. The highest BCUT2D eigenvalue weighted by molar-refractivity contribution is 5.68. The number of rotatable bonds is 6. The molecule has 1 aliphatic heterocycles. The molecule has 1 aromatic carbocycles. The molecule has 2 atom stereocenters. The third kappa shape index (κ3) is 4.35. The van der Waals surface area contributed by atoms with Crippen LogP contribution in [0.25, 0.3) is 0 Å². The van der Waals surface area contributed by atoms with Gasteiger partial charge in [-0.05, 0) is 44.1 Å². The molecule has 122 valence electrons. The van der Waals surface area contributed by atoms with Crippen LogP contribution < -0.4 is 15.2 Å². The van der Waals surface area contributed by atoms with Crippen LogP contribution in [0, 0.1) is 0 Å². The van der Waals surface area contributed by atoms with Crippen LogP contribution in [0.5, 0.6) is 11.5 Å². The van der Waals surface area contributed by atoms with Crippen molar-refractivity contribution in [2.24, 2.45) is 5.73 Å². The Labute approximate surface area is 130 Å². The van der Waals surface area contributed by atoms with Crippen molar-refractivity contribution in [2.75, 3.05) is 27.2 Å². The predicted octanol–water partition coefficient (Wildman–Crippen LogP) is 1.64. The van der Waals surface area contributed by atoms with E-state index in [0.29, 0.717) is 11.5 Å². The Morgan fingerprint density at radius 3 is 2.91 bits per heavy atom. The number of nitrogens with two attached hydrogens (primary N) is 1. The number of hydrogen-bond donors (Lipinski definition) is 2. The number of piperidine rings is 1. The molecule has 3 N–H and O–H groups in total. The summed E-state index contributed by atoms with van der Waals surface area (Å²) in [6.07, 6.45) is 2.09. The minimum Gasteiger partial charge on any atom is -0.493 e. The lowest BCUT2D eigenvalue weighted by Gasteiger charge is -2.30. The Morgan fingerprint density at radius 2 is 2.27 bits per heavy atom. The van der Waals surface area contributed by atoms with Crippen molar-refractivity contribution >= 4 is 5.97 Å². The number of hydrogen-bond acceptors (Lipinski definition) is 5. The van der Waals surface area contributed by atoms with E-state index in [2.05, 4.69) is 11.9 Å². The molecule has 2 rings (SSSR count). The standard InChI is InChI=1S/C16H24N2O4/c1-18-7-3-4-12(10-18)22-15-8-11(5-6-14(15)21-2)13(17)9-16(19)20/h5-6,8,12-13H,3-4,7,9-10,17H2,1-2H3,(H,19,20). The lowest BCUT2D eigenvalue weighted by molar-refractivity contribution is -0.137. The quantitative estimate of drug-likeness (QED) is 0.831. The maximum Gasteiger partial charge on any atom is 0.305 e. The van der Waals surface area contributed by atoms with E-state index in [1.54, 1.807) is 25.3 Å². The zero-order valence-corrected chi connectivity index (χ0v) is 13.1. The molecule has 1 fully saturated rings. The average Bonchev–Trinajstić information content (AvgIpc) is 2.46. The molecule has 22 heavy (non-hydrogen) atoms. The third-order valence-corrected chi connectivity index (χ3v) is 3.89. The summed E-state index contributed by atoms with van der Waals surface area (Å²) in [4.78, 5) is 13.0. The van der Waals surface area contributed by atoms with E-state index in [0.717, 1.165) is 31.5 Å². The fourth-order valence-corrected chi connectivity index (χ4v) is 2.72. The third-order valence-electron chi connectivity index (χ3n) is 3.89. The molecular weight excluding hydrogens is 284 g/mol. The van der Waals surface area contributed by atoms with Gasteiger partial charge in [-0.15, -0.1) is 0 Å². The maximum absolute atomic E-state index is 10.8. The molecule has 0 aromatic heterocycles. The number of likely N-dealkylation sites (N-methyl/N-ethyl adjacent to an activating group) is 1. The fraction of sp³-hybridized carbons (Fsp3) is 0.562. The van der Waals surface area contributed by atoms with Crippen molar-refractivity contribution in [1.29, 1.82) is 0 Å². The summed E-state index contributed by atoms with van der Waals surface area (Å²) < 4.78 is 11.4. The molecule has 1 heterocycles. The van der Waals surface area contributed by atoms with Crippen LogP contribution in [0.4, 0.5) is 0 Å². The largest absolute Gasteiger partial charge is 0.493 e. The van der Waals surface area contributed by atoms with Crippen LogP contribution >= 0.6 is 0 Å². The van der Waals surface area contributed by atoms with Crippen LogP contribution in [-0.4, -0.2) is 49.3 Å². The average molecular weight is 308 g/mol. The molecule has 6 nitrogen and oxygen atoms in total. The smallest absolute Gasteiger partial charge is 0.305 e. The van der Waals surface area contributed by atoms with Crippen LogP contribution in [0.1, 0.15) is 30.9 Å². The number of carbonyl (C=O) groups is 1. The SMILES string of the molecule is COc1ccc(C(N)CC(=O)O)cc1OC1CCCN(C)C1. The number of benzene rings is 1. The second-order valence-electron chi connectivity index (χ2n) is 5.76. The first-order valence-electron chi connectivity index (χ1n) is 7.50. The topological polar surface area (TPSA) is 85.0 Å². The van der Waals surface area contributed by atoms with Gasteiger partial charge in [-0.25, -0.2) is 0 Å². The minimum atomic E-state index is -0.917. The highest BCUT2D eigenvalue weighted by atomic mass is 16.5. The number of aliphatic carboxylic acids is 1. The zero-order chi connectivity index (χ0) is 16.1. The monoisotopic (exact) mass is 308 g/mol. The summed E-state index contributed by atoms with van der Waals surface area (Å²) in [5.41, 5.74) is 6.66. The summed E-state index contributed by atoms with van der Waals surface area (Å²) >= 11 is 0. The van der Waals surface area contributed by atoms with Gasteiger partial charge in [0.1, 0.15) is 6.10 Å². The Hall–Kier alpha value is -1.79. The van der Waals surface area contributed by atoms with Crippen LogP contribution in [0.2, 0.25) is 0 Å². The first kappa shape index (κ1) is 16.6. The summed E-state index contributed by atoms with van der Waals surface area (Å²) in [6.45, 7) is 1.95. The second kappa shape index (κ2) is 7.47. The van der Waals surface area contributed by atoms with E-state index in [9.17, 15) is 4.79 Å². The molecule has 2 unspecified atom stereocenters. The summed E-state index contributed by atoms with van der Waals surface area (Å²) in [5.74, 6) is 0.348. The molecule has 0 saturated carbocycles. The summed E-state index contributed by atoms with van der Waals surface area (Å²) in [6, 6.07) is 4.80. The van der Waals surface area contributed by atoms with Gasteiger partial charge in [-0.2, -0.15) is 0 Å². The van der Waals surface area contributed by atoms with Gasteiger partial charge in [-0.3, -0.25) is 4.79 Å². The van der Waals surface area contributed by atoms with Crippen LogP contribution in [-0.2, 0) is 4.79 Å². The number of ether oxygens (including phenoxy) is 2. The number of nitrogens with zero attached hydrogens (tertiary/aromatic N) is 1. The van der Waals surface area contributed by atoms with E-state index in [4.69, 9.17) is 20.3 Å². The molecule has 6 heteroatoms. The van der Waals surface area contributed by atoms with E-state index < -0.39 is 12.0 Å². The normalized spacial score (nSPS) is 20.4.